The Morgan fingerprint density at radius 3 is 0.957 bits per heavy atom. The zero-order valence-electron chi connectivity index (χ0n) is 39.1. The summed E-state index contributed by atoms with van der Waals surface area (Å²) in [5.41, 5.74) is 20.4. The highest BCUT2D eigenvalue weighted by atomic mass is 32.2. The van der Waals surface area contributed by atoms with Crippen molar-refractivity contribution < 1.29 is 0 Å². The minimum atomic E-state index is -0.0869. The van der Waals surface area contributed by atoms with Gasteiger partial charge >= 0.3 is 0 Å². The fraction of sp³-hybridized carbons (Fsp3) is 0.100. The molecule has 0 saturated carbocycles. The van der Waals surface area contributed by atoms with Gasteiger partial charge < -0.3 is 4.90 Å². The summed E-state index contributed by atoms with van der Waals surface area (Å²) in [5, 5.41) is 2.47. The summed E-state index contributed by atoms with van der Waals surface area (Å²) in [4.78, 5) is 15.4. The summed E-state index contributed by atoms with van der Waals surface area (Å²) in [6.07, 6.45) is 0. The number of hydrogen-bond donors (Lipinski definition) is 0. The number of para-hydroxylation sites is 6. The van der Waals surface area contributed by atoms with Gasteiger partial charge in [-0.1, -0.05) is 177 Å². The van der Waals surface area contributed by atoms with E-state index in [0.29, 0.717) is 0 Å². The fourth-order valence-corrected chi connectivity index (χ4v) is 17.3. The third kappa shape index (κ3) is 6.87. The Labute approximate surface area is 425 Å². The molecule has 0 fully saturated rings. The average Bonchev–Trinajstić information content (AvgIpc) is 3.88. The van der Waals surface area contributed by atoms with Crippen molar-refractivity contribution in [2.45, 2.75) is 70.9 Å². The monoisotopic (exact) mass is 979 g/mol. The molecule has 3 aliphatic rings. The van der Waals surface area contributed by atoms with Gasteiger partial charge in [-0.3, -0.25) is 9.80 Å². The Morgan fingerprint density at radius 2 is 0.609 bits per heavy atom. The quantitative estimate of drug-likeness (QED) is 0.153. The SMILES string of the molecule is Cc1cc(C)c(B(c2c(C)cc(C)cc2C)c2c(N3c4ccccc4Sc4ccccc43)sc3c(N4c5ccccc5Sc5ccccc54)c(N4c5ccccc5Sc5ccccc54)sc23)c(C)c1. The van der Waals surface area contributed by atoms with Crippen molar-refractivity contribution in [2.24, 2.45) is 0 Å². The van der Waals surface area contributed by atoms with Gasteiger partial charge in [-0.05, 0) is 120 Å². The smallest absolute Gasteiger partial charge is 0.248 e. The summed E-state index contributed by atoms with van der Waals surface area (Å²) < 4.78 is 2.60. The Kier molecular flexibility index (Phi) is 10.5. The van der Waals surface area contributed by atoms with Crippen molar-refractivity contribution in [3.8, 4) is 0 Å². The van der Waals surface area contributed by atoms with Crippen LogP contribution >= 0.6 is 58.0 Å². The molecule has 0 amide bonds. The molecule has 0 unspecified atom stereocenters. The van der Waals surface area contributed by atoms with E-state index in [-0.39, 0.29) is 6.71 Å². The van der Waals surface area contributed by atoms with Crippen molar-refractivity contribution >= 4 is 140 Å². The molecule has 9 heteroatoms. The van der Waals surface area contributed by atoms with Crippen LogP contribution in [0.3, 0.4) is 0 Å². The molecule has 69 heavy (non-hydrogen) atoms. The molecular weight excluding hydrogens is 934 g/mol. The summed E-state index contributed by atoms with van der Waals surface area (Å²) in [6, 6.07) is 63.7. The minimum absolute atomic E-state index is 0.0869. The van der Waals surface area contributed by atoms with E-state index < -0.39 is 0 Å². The van der Waals surface area contributed by atoms with Gasteiger partial charge in [0.1, 0.15) is 5.00 Å². The summed E-state index contributed by atoms with van der Waals surface area (Å²) in [7, 11) is 0. The number of thiophene rings is 2. The lowest BCUT2D eigenvalue weighted by Crippen LogP contribution is -2.56. The van der Waals surface area contributed by atoms with Crippen LogP contribution in [0.2, 0.25) is 0 Å². The fourth-order valence-electron chi connectivity index (χ4n) is 11.2. The number of anilines is 9. The van der Waals surface area contributed by atoms with Crippen LogP contribution < -0.4 is 31.1 Å². The third-order valence-electron chi connectivity index (χ3n) is 13.8. The first-order valence-corrected chi connectivity index (χ1v) is 27.5. The van der Waals surface area contributed by atoms with Crippen molar-refractivity contribution in [3.05, 3.63) is 203 Å². The van der Waals surface area contributed by atoms with Gasteiger partial charge in [-0.2, -0.15) is 0 Å². The predicted octanol–water partition coefficient (Wildman–Crippen LogP) is 17.1. The molecule has 0 atom stereocenters. The van der Waals surface area contributed by atoms with Gasteiger partial charge in [0, 0.05) is 34.1 Å². The van der Waals surface area contributed by atoms with Gasteiger partial charge in [0.05, 0.1) is 49.5 Å². The van der Waals surface area contributed by atoms with Crippen LogP contribution in [0, 0.1) is 41.5 Å². The van der Waals surface area contributed by atoms with E-state index in [9.17, 15) is 0 Å². The molecule has 3 nitrogen and oxygen atoms in total. The first-order chi connectivity index (χ1) is 33.7. The van der Waals surface area contributed by atoms with Crippen LogP contribution in [-0.2, 0) is 0 Å². The molecule has 0 saturated heterocycles. The van der Waals surface area contributed by atoms with Gasteiger partial charge in [-0.25, -0.2) is 0 Å². The average molecular weight is 980 g/mol. The predicted molar refractivity (Wildman–Crippen MR) is 302 cm³/mol. The molecule has 0 aliphatic carbocycles. The number of hydrogen-bond acceptors (Lipinski definition) is 8. The highest BCUT2D eigenvalue weighted by molar-refractivity contribution is 8.00. The van der Waals surface area contributed by atoms with E-state index in [4.69, 9.17) is 0 Å². The van der Waals surface area contributed by atoms with Crippen LogP contribution in [0.5, 0.6) is 0 Å². The molecule has 0 spiro atoms. The zero-order valence-corrected chi connectivity index (χ0v) is 43.2. The second-order valence-corrected chi connectivity index (χ2v) is 23.7. The lowest BCUT2D eigenvalue weighted by molar-refractivity contribution is 1.15. The molecule has 3 aliphatic heterocycles. The first kappa shape index (κ1) is 43.0. The summed E-state index contributed by atoms with van der Waals surface area (Å²) in [5.74, 6) is 0. The minimum Gasteiger partial charge on any atom is -0.304 e. The van der Waals surface area contributed by atoms with E-state index in [1.165, 1.54) is 138 Å². The molecule has 2 aromatic heterocycles. The van der Waals surface area contributed by atoms with E-state index >= 15 is 0 Å². The standard InChI is InChI=1S/C60H46BN3S5/c1-35-31-37(3)53(38(4)32-35)61(54-39(5)33-36(2)34-40(54)6)55-57-58(69-59(55)63-43-21-9-15-27-49(43)66-50-28-16-10-22-44(50)63)56(62-41-19-7-13-25-47(41)65-48-26-14-8-20-42(48)62)60(68-57)64-45-23-11-17-29-51(45)67-52-30-18-12-24-46(52)64/h7-34H,1-6H3. The van der Waals surface area contributed by atoms with Crippen molar-refractivity contribution in [1.29, 1.82) is 0 Å². The molecule has 10 aromatic rings. The zero-order chi connectivity index (χ0) is 46.7. The number of fused-ring (bicyclic) bond motifs is 7. The first-order valence-electron chi connectivity index (χ1n) is 23.4. The Morgan fingerprint density at radius 1 is 0.319 bits per heavy atom. The van der Waals surface area contributed by atoms with E-state index in [2.05, 4.69) is 226 Å². The molecule has 0 bridgehead atoms. The highest BCUT2D eigenvalue weighted by Gasteiger charge is 2.42. The maximum absolute atomic E-state index is 2.62. The van der Waals surface area contributed by atoms with E-state index in [0.717, 1.165) is 0 Å². The lowest BCUT2D eigenvalue weighted by atomic mass is 9.34. The van der Waals surface area contributed by atoms with Gasteiger partial charge in [0.25, 0.3) is 0 Å². The molecule has 0 radical (unpaired) electrons. The van der Waals surface area contributed by atoms with Crippen molar-refractivity contribution in [3.63, 3.8) is 0 Å². The Bertz CT molecular complexity index is 3500. The third-order valence-corrected chi connectivity index (χ3v) is 19.7. The molecule has 334 valence electrons. The second kappa shape index (κ2) is 16.8. The van der Waals surface area contributed by atoms with Gasteiger partial charge in [-0.15, -0.1) is 22.7 Å². The van der Waals surface area contributed by atoms with E-state index in [1.807, 2.05) is 58.0 Å². The van der Waals surface area contributed by atoms with Gasteiger partial charge in [0.2, 0.25) is 6.71 Å². The lowest BCUT2D eigenvalue weighted by Gasteiger charge is -2.37. The number of rotatable bonds is 6. The Balaban J connectivity index is 1.24. The highest BCUT2D eigenvalue weighted by Crippen LogP contribution is 2.64. The Hall–Kier alpha value is -6.07. The molecular formula is C60H46BN3S5. The number of nitrogens with zero attached hydrogens (tertiary/aromatic N) is 3. The summed E-state index contributed by atoms with van der Waals surface area (Å²) in [6.45, 7) is 13.8. The van der Waals surface area contributed by atoms with Crippen LogP contribution in [-0.4, -0.2) is 6.71 Å². The maximum Gasteiger partial charge on any atom is 0.248 e. The maximum atomic E-state index is 2.62. The number of aryl methyl sites for hydroxylation is 6. The van der Waals surface area contributed by atoms with Crippen LogP contribution in [0.1, 0.15) is 33.4 Å². The number of benzene rings is 8. The van der Waals surface area contributed by atoms with Crippen molar-refractivity contribution in [1.82, 2.24) is 0 Å². The molecule has 0 N–H and O–H groups in total. The van der Waals surface area contributed by atoms with Crippen LogP contribution in [0.15, 0.2) is 199 Å². The second-order valence-electron chi connectivity index (χ2n) is 18.4. The largest absolute Gasteiger partial charge is 0.304 e. The van der Waals surface area contributed by atoms with Crippen LogP contribution in [0.25, 0.3) is 9.40 Å². The summed E-state index contributed by atoms with van der Waals surface area (Å²) >= 11 is 9.55. The van der Waals surface area contributed by atoms with Crippen LogP contribution in [0.4, 0.5) is 49.8 Å². The van der Waals surface area contributed by atoms with E-state index in [1.54, 1.807) is 0 Å². The normalized spacial score (nSPS) is 13.4. The van der Waals surface area contributed by atoms with Gasteiger partial charge in [0.15, 0.2) is 0 Å². The molecule has 13 rings (SSSR count). The topological polar surface area (TPSA) is 9.72 Å². The van der Waals surface area contributed by atoms with Crippen molar-refractivity contribution in [2.75, 3.05) is 14.7 Å². The molecule has 8 aromatic carbocycles. The molecule has 5 heterocycles.